The molecule has 0 fully saturated rings. The van der Waals surface area contributed by atoms with E-state index in [0.717, 1.165) is 19.6 Å². The average Bonchev–Trinajstić information content (AvgIpc) is 2.59. The number of nitrogens with zero attached hydrogens (tertiary/aromatic N) is 2. The van der Waals surface area contributed by atoms with Crippen molar-refractivity contribution >= 4 is 5.91 Å². The van der Waals surface area contributed by atoms with Crippen molar-refractivity contribution in [3.8, 4) is 0 Å². The minimum Gasteiger partial charge on any atom is -0.339 e. The summed E-state index contributed by atoms with van der Waals surface area (Å²) < 4.78 is 0. The van der Waals surface area contributed by atoms with Crippen molar-refractivity contribution in [1.82, 2.24) is 9.80 Å². The fourth-order valence-corrected chi connectivity index (χ4v) is 2.60. The van der Waals surface area contributed by atoms with Crippen LogP contribution in [0.5, 0.6) is 0 Å². The van der Waals surface area contributed by atoms with E-state index in [1.165, 1.54) is 11.1 Å². The fraction of sp³-hybridized carbons (Fsp3) is 0.350. The highest BCUT2D eigenvalue weighted by Crippen LogP contribution is 2.07. The Bertz CT molecular complexity index is 583. The standard InChI is InChI=1S/C20H26N2O/c1-3-22(17-19-12-8-5-9-13-19)20(23)14-15-21(2)16-18-10-6-4-7-11-18/h4-13H,3,14-17H2,1-2H3. The Labute approximate surface area is 139 Å². The Morgan fingerprint density at radius 3 is 1.91 bits per heavy atom. The van der Waals surface area contributed by atoms with E-state index in [4.69, 9.17) is 0 Å². The van der Waals surface area contributed by atoms with Gasteiger partial charge in [-0.1, -0.05) is 60.7 Å². The number of rotatable bonds is 8. The van der Waals surface area contributed by atoms with Gasteiger partial charge in [0.1, 0.15) is 0 Å². The topological polar surface area (TPSA) is 23.6 Å². The lowest BCUT2D eigenvalue weighted by Gasteiger charge is -2.23. The van der Waals surface area contributed by atoms with E-state index in [0.29, 0.717) is 13.0 Å². The predicted molar refractivity (Wildman–Crippen MR) is 94.9 cm³/mol. The van der Waals surface area contributed by atoms with Crippen LogP contribution < -0.4 is 0 Å². The highest BCUT2D eigenvalue weighted by molar-refractivity contribution is 5.76. The second kappa shape index (κ2) is 9.11. The molecule has 2 aromatic carbocycles. The molecule has 2 aromatic rings. The second-order valence-electron chi connectivity index (χ2n) is 5.87. The second-order valence-corrected chi connectivity index (χ2v) is 5.87. The van der Waals surface area contributed by atoms with Gasteiger partial charge in [0, 0.05) is 32.6 Å². The molecule has 2 rings (SSSR count). The fourth-order valence-electron chi connectivity index (χ4n) is 2.60. The van der Waals surface area contributed by atoms with Crippen LogP contribution in [0.2, 0.25) is 0 Å². The molecule has 0 aliphatic carbocycles. The first-order valence-corrected chi connectivity index (χ1v) is 8.23. The quantitative estimate of drug-likeness (QED) is 0.744. The summed E-state index contributed by atoms with van der Waals surface area (Å²) in [4.78, 5) is 16.6. The van der Waals surface area contributed by atoms with Gasteiger partial charge in [0.05, 0.1) is 0 Å². The zero-order valence-corrected chi connectivity index (χ0v) is 14.1. The Hall–Kier alpha value is -2.13. The molecule has 1 amide bonds. The third-order valence-electron chi connectivity index (χ3n) is 3.95. The van der Waals surface area contributed by atoms with E-state index >= 15 is 0 Å². The minimum absolute atomic E-state index is 0.219. The van der Waals surface area contributed by atoms with Crippen LogP contribution in [0, 0.1) is 0 Å². The SMILES string of the molecule is CCN(Cc1ccccc1)C(=O)CCN(C)Cc1ccccc1. The lowest BCUT2D eigenvalue weighted by molar-refractivity contribution is -0.131. The zero-order valence-electron chi connectivity index (χ0n) is 14.1. The maximum Gasteiger partial charge on any atom is 0.224 e. The predicted octanol–water partition coefficient (Wildman–Crippen LogP) is 3.56. The molecule has 0 heterocycles. The van der Waals surface area contributed by atoms with Gasteiger partial charge < -0.3 is 9.80 Å². The van der Waals surface area contributed by atoms with Crippen molar-refractivity contribution in [3.63, 3.8) is 0 Å². The van der Waals surface area contributed by atoms with Crippen LogP contribution in [0.4, 0.5) is 0 Å². The molecule has 0 spiro atoms. The lowest BCUT2D eigenvalue weighted by atomic mass is 10.2. The summed E-state index contributed by atoms with van der Waals surface area (Å²) >= 11 is 0. The van der Waals surface area contributed by atoms with Gasteiger partial charge in [-0.3, -0.25) is 4.79 Å². The molecular formula is C20H26N2O. The Morgan fingerprint density at radius 1 is 0.870 bits per heavy atom. The highest BCUT2D eigenvalue weighted by atomic mass is 16.2. The van der Waals surface area contributed by atoms with E-state index in [1.807, 2.05) is 48.2 Å². The van der Waals surface area contributed by atoms with Gasteiger partial charge in [-0.15, -0.1) is 0 Å². The van der Waals surface area contributed by atoms with Crippen LogP contribution in [-0.4, -0.2) is 35.8 Å². The van der Waals surface area contributed by atoms with Gasteiger partial charge in [0.25, 0.3) is 0 Å². The first kappa shape index (κ1) is 17.2. The van der Waals surface area contributed by atoms with Crippen LogP contribution in [-0.2, 0) is 17.9 Å². The van der Waals surface area contributed by atoms with Gasteiger partial charge in [0.15, 0.2) is 0 Å². The molecule has 0 aliphatic heterocycles. The van der Waals surface area contributed by atoms with Crippen molar-refractivity contribution in [3.05, 3.63) is 71.8 Å². The maximum atomic E-state index is 12.4. The minimum atomic E-state index is 0.219. The molecule has 3 nitrogen and oxygen atoms in total. The lowest BCUT2D eigenvalue weighted by Crippen LogP contribution is -2.33. The smallest absolute Gasteiger partial charge is 0.224 e. The third-order valence-corrected chi connectivity index (χ3v) is 3.95. The van der Waals surface area contributed by atoms with Crippen molar-refractivity contribution in [1.29, 1.82) is 0 Å². The van der Waals surface area contributed by atoms with E-state index in [2.05, 4.69) is 36.2 Å². The first-order chi connectivity index (χ1) is 11.2. The number of benzene rings is 2. The maximum absolute atomic E-state index is 12.4. The molecule has 3 heteroatoms. The number of hydrogen-bond donors (Lipinski definition) is 0. The highest BCUT2D eigenvalue weighted by Gasteiger charge is 2.13. The van der Waals surface area contributed by atoms with E-state index in [-0.39, 0.29) is 5.91 Å². The number of amides is 1. The first-order valence-electron chi connectivity index (χ1n) is 8.23. The van der Waals surface area contributed by atoms with Crippen LogP contribution in [0.3, 0.4) is 0 Å². The largest absolute Gasteiger partial charge is 0.339 e. The summed E-state index contributed by atoms with van der Waals surface area (Å²) in [6, 6.07) is 20.5. The zero-order chi connectivity index (χ0) is 16.5. The van der Waals surface area contributed by atoms with Gasteiger partial charge in [-0.2, -0.15) is 0 Å². The van der Waals surface area contributed by atoms with Crippen molar-refractivity contribution in [2.75, 3.05) is 20.1 Å². The average molecular weight is 310 g/mol. The van der Waals surface area contributed by atoms with E-state index < -0.39 is 0 Å². The number of hydrogen-bond acceptors (Lipinski definition) is 2. The van der Waals surface area contributed by atoms with Crippen LogP contribution in [0.25, 0.3) is 0 Å². The van der Waals surface area contributed by atoms with Crippen molar-refractivity contribution in [2.45, 2.75) is 26.4 Å². The summed E-state index contributed by atoms with van der Waals surface area (Å²) in [7, 11) is 2.06. The number of carbonyl (C=O) groups is 1. The Kier molecular flexibility index (Phi) is 6.82. The monoisotopic (exact) mass is 310 g/mol. The molecule has 0 aromatic heterocycles. The molecule has 23 heavy (non-hydrogen) atoms. The molecule has 0 saturated carbocycles. The van der Waals surface area contributed by atoms with Gasteiger partial charge >= 0.3 is 0 Å². The summed E-state index contributed by atoms with van der Waals surface area (Å²) in [6.07, 6.45) is 0.560. The van der Waals surface area contributed by atoms with Gasteiger partial charge in [-0.05, 0) is 25.1 Å². The summed E-state index contributed by atoms with van der Waals surface area (Å²) in [6.45, 7) is 5.13. The van der Waals surface area contributed by atoms with Crippen molar-refractivity contribution < 1.29 is 4.79 Å². The molecule has 0 bridgehead atoms. The summed E-state index contributed by atoms with van der Waals surface area (Å²) in [5.74, 6) is 0.219. The molecule has 0 unspecified atom stereocenters. The Balaban J connectivity index is 1.80. The molecule has 0 saturated heterocycles. The molecule has 0 atom stereocenters. The summed E-state index contributed by atoms with van der Waals surface area (Å²) in [5, 5.41) is 0. The number of carbonyl (C=O) groups excluding carboxylic acids is 1. The molecule has 0 aliphatic rings. The molecule has 0 radical (unpaired) electrons. The van der Waals surface area contributed by atoms with Crippen molar-refractivity contribution in [2.24, 2.45) is 0 Å². The third kappa shape index (κ3) is 5.87. The molecule has 122 valence electrons. The van der Waals surface area contributed by atoms with Gasteiger partial charge in [-0.25, -0.2) is 0 Å². The van der Waals surface area contributed by atoms with Crippen LogP contribution >= 0.6 is 0 Å². The van der Waals surface area contributed by atoms with E-state index in [1.54, 1.807) is 0 Å². The van der Waals surface area contributed by atoms with Crippen LogP contribution in [0.1, 0.15) is 24.5 Å². The van der Waals surface area contributed by atoms with E-state index in [9.17, 15) is 4.79 Å². The molecular weight excluding hydrogens is 284 g/mol. The van der Waals surface area contributed by atoms with Gasteiger partial charge in [0.2, 0.25) is 5.91 Å². The van der Waals surface area contributed by atoms with Crippen LogP contribution in [0.15, 0.2) is 60.7 Å². The molecule has 0 N–H and O–H groups in total. The Morgan fingerprint density at radius 2 is 1.39 bits per heavy atom. The summed E-state index contributed by atoms with van der Waals surface area (Å²) in [5.41, 5.74) is 2.46. The normalized spacial score (nSPS) is 10.7.